The number of amides is 1. The molecule has 1 fully saturated rings. The minimum absolute atomic E-state index is 0.0483. The Bertz CT molecular complexity index is 612. The van der Waals surface area contributed by atoms with Crippen molar-refractivity contribution in [3.05, 3.63) is 70.2 Å². The average Bonchev–Trinajstić information content (AvgIpc) is 2.51. The summed E-state index contributed by atoms with van der Waals surface area (Å²) in [6.07, 6.45) is -0.0560. The van der Waals surface area contributed by atoms with E-state index < -0.39 is 0 Å². The lowest BCUT2D eigenvalue weighted by Gasteiger charge is -2.33. The van der Waals surface area contributed by atoms with Gasteiger partial charge in [0.2, 0.25) is 5.91 Å². The van der Waals surface area contributed by atoms with E-state index in [1.165, 1.54) is 0 Å². The fourth-order valence-electron chi connectivity index (χ4n) is 2.45. The molecule has 1 saturated heterocycles. The third kappa shape index (κ3) is 3.52. The van der Waals surface area contributed by atoms with Gasteiger partial charge in [0.15, 0.2) is 0 Å². The summed E-state index contributed by atoms with van der Waals surface area (Å²) in [6.45, 7) is 1.37. The zero-order valence-corrected chi connectivity index (χ0v) is 13.1. The number of carbonyl (C=O) groups is 1. The van der Waals surface area contributed by atoms with Gasteiger partial charge >= 0.3 is 0 Å². The number of nitrogens with zero attached hydrogens (tertiary/aromatic N) is 1. The summed E-state index contributed by atoms with van der Waals surface area (Å²) in [5.74, 6) is 0.0483. The quantitative estimate of drug-likeness (QED) is 0.851. The highest BCUT2D eigenvalue weighted by atomic mass is 79.9. The number of halogens is 1. The first kappa shape index (κ1) is 14.3. The minimum atomic E-state index is -0.0560. The van der Waals surface area contributed by atoms with Crippen LogP contribution in [-0.4, -0.2) is 24.0 Å². The van der Waals surface area contributed by atoms with Gasteiger partial charge in [0.05, 0.1) is 6.54 Å². The number of rotatable bonds is 3. The van der Waals surface area contributed by atoms with Crippen LogP contribution in [-0.2, 0) is 16.1 Å². The molecule has 0 N–H and O–H groups in total. The average molecular weight is 346 g/mol. The maximum absolute atomic E-state index is 12.0. The Balaban J connectivity index is 1.72. The molecule has 2 aromatic rings. The van der Waals surface area contributed by atoms with Gasteiger partial charge in [-0.25, -0.2) is 0 Å². The largest absolute Gasteiger partial charge is 0.362 e. The molecule has 0 spiro atoms. The molecule has 108 valence electrons. The Kier molecular flexibility index (Phi) is 4.36. The lowest BCUT2D eigenvalue weighted by Crippen LogP contribution is -2.42. The summed E-state index contributed by atoms with van der Waals surface area (Å²) in [6, 6.07) is 18.1. The Morgan fingerprint density at radius 3 is 2.52 bits per heavy atom. The lowest BCUT2D eigenvalue weighted by molar-refractivity contribution is -0.150. The number of carbonyl (C=O) groups excluding carboxylic acids is 1. The van der Waals surface area contributed by atoms with E-state index in [1.54, 1.807) is 0 Å². The van der Waals surface area contributed by atoms with Gasteiger partial charge in [-0.3, -0.25) is 4.79 Å². The number of hydrogen-bond acceptors (Lipinski definition) is 2. The SMILES string of the molecule is O=C1CO[C@@H](c2ccc(Br)cc2)CN1Cc1ccccc1. The molecule has 1 heterocycles. The van der Waals surface area contributed by atoms with Crippen molar-refractivity contribution in [3.63, 3.8) is 0 Å². The molecule has 1 amide bonds. The van der Waals surface area contributed by atoms with Gasteiger partial charge in [-0.1, -0.05) is 58.4 Å². The molecule has 0 unspecified atom stereocenters. The number of morpholine rings is 1. The first-order valence-corrected chi connectivity index (χ1v) is 7.70. The lowest BCUT2D eigenvalue weighted by atomic mass is 10.1. The summed E-state index contributed by atoms with van der Waals surface area (Å²) in [7, 11) is 0. The van der Waals surface area contributed by atoms with Crippen molar-refractivity contribution in [2.45, 2.75) is 12.6 Å². The third-order valence-electron chi connectivity index (χ3n) is 3.60. The van der Waals surface area contributed by atoms with Crippen LogP contribution in [0.2, 0.25) is 0 Å². The van der Waals surface area contributed by atoms with Crippen LogP contribution in [0.15, 0.2) is 59.1 Å². The third-order valence-corrected chi connectivity index (χ3v) is 4.13. The maximum atomic E-state index is 12.0. The Morgan fingerprint density at radius 2 is 1.81 bits per heavy atom. The standard InChI is InChI=1S/C17H16BrNO2/c18-15-8-6-14(7-9-15)16-11-19(17(20)12-21-16)10-13-4-2-1-3-5-13/h1-9,16H,10-12H2/t16-/m1/s1. The highest BCUT2D eigenvalue weighted by Gasteiger charge is 2.27. The van der Waals surface area contributed by atoms with Crippen molar-refractivity contribution in [1.29, 1.82) is 0 Å². The minimum Gasteiger partial charge on any atom is -0.362 e. The maximum Gasteiger partial charge on any atom is 0.249 e. The van der Waals surface area contributed by atoms with Gasteiger partial charge in [0, 0.05) is 11.0 Å². The van der Waals surface area contributed by atoms with E-state index in [0.29, 0.717) is 13.1 Å². The van der Waals surface area contributed by atoms with Crippen molar-refractivity contribution in [1.82, 2.24) is 4.90 Å². The predicted octanol–water partition coefficient (Wildman–Crippen LogP) is 3.55. The number of hydrogen-bond donors (Lipinski definition) is 0. The van der Waals surface area contributed by atoms with Crippen LogP contribution in [0, 0.1) is 0 Å². The van der Waals surface area contributed by atoms with Crippen molar-refractivity contribution in [2.75, 3.05) is 13.2 Å². The predicted molar refractivity (Wildman–Crippen MR) is 84.7 cm³/mol. The van der Waals surface area contributed by atoms with Gasteiger partial charge < -0.3 is 9.64 Å². The molecule has 3 rings (SSSR count). The van der Waals surface area contributed by atoms with Crippen LogP contribution in [0.3, 0.4) is 0 Å². The summed E-state index contributed by atoms with van der Waals surface area (Å²) in [5.41, 5.74) is 2.24. The molecule has 0 radical (unpaired) electrons. The molecular weight excluding hydrogens is 330 g/mol. The van der Waals surface area contributed by atoms with Crippen LogP contribution in [0.25, 0.3) is 0 Å². The first-order valence-electron chi connectivity index (χ1n) is 6.91. The van der Waals surface area contributed by atoms with Crippen LogP contribution in [0.4, 0.5) is 0 Å². The topological polar surface area (TPSA) is 29.5 Å². The molecule has 0 saturated carbocycles. The van der Waals surface area contributed by atoms with Gasteiger partial charge in [0.25, 0.3) is 0 Å². The van der Waals surface area contributed by atoms with Crippen LogP contribution >= 0.6 is 15.9 Å². The smallest absolute Gasteiger partial charge is 0.249 e. The Hall–Kier alpha value is -1.65. The van der Waals surface area contributed by atoms with Gasteiger partial charge in [-0.2, -0.15) is 0 Å². The summed E-state index contributed by atoms with van der Waals surface area (Å²) >= 11 is 3.43. The van der Waals surface area contributed by atoms with Gasteiger partial charge in [-0.05, 0) is 23.3 Å². The zero-order valence-electron chi connectivity index (χ0n) is 11.5. The van der Waals surface area contributed by atoms with Crippen LogP contribution in [0.5, 0.6) is 0 Å². The Labute approximate surface area is 132 Å². The highest BCUT2D eigenvalue weighted by Crippen LogP contribution is 2.25. The molecule has 1 aliphatic rings. The molecular formula is C17H16BrNO2. The highest BCUT2D eigenvalue weighted by molar-refractivity contribution is 9.10. The van der Waals surface area contributed by atoms with E-state index in [1.807, 2.05) is 59.5 Å². The van der Waals surface area contributed by atoms with E-state index in [0.717, 1.165) is 15.6 Å². The number of ether oxygens (including phenoxy) is 1. The molecule has 2 aromatic carbocycles. The van der Waals surface area contributed by atoms with Gasteiger partial charge in [0.1, 0.15) is 12.7 Å². The van der Waals surface area contributed by atoms with E-state index in [4.69, 9.17) is 4.74 Å². The molecule has 0 bridgehead atoms. The Morgan fingerprint density at radius 1 is 1.10 bits per heavy atom. The second kappa shape index (κ2) is 6.41. The normalized spacial score (nSPS) is 18.8. The fraction of sp³-hybridized carbons (Fsp3) is 0.235. The fourth-order valence-corrected chi connectivity index (χ4v) is 2.72. The van der Waals surface area contributed by atoms with E-state index >= 15 is 0 Å². The van der Waals surface area contributed by atoms with Crippen LogP contribution < -0.4 is 0 Å². The monoisotopic (exact) mass is 345 g/mol. The zero-order chi connectivity index (χ0) is 14.7. The second-order valence-electron chi connectivity index (χ2n) is 5.11. The molecule has 1 aliphatic heterocycles. The van der Waals surface area contributed by atoms with Crippen LogP contribution in [0.1, 0.15) is 17.2 Å². The van der Waals surface area contributed by atoms with Crippen molar-refractivity contribution in [2.24, 2.45) is 0 Å². The molecule has 3 nitrogen and oxygen atoms in total. The summed E-state index contributed by atoms with van der Waals surface area (Å²) < 4.78 is 6.72. The van der Waals surface area contributed by atoms with Crippen molar-refractivity contribution >= 4 is 21.8 Å². The molecule has 1 atom stereocenters. The summed E-state index contributed by atoms with van der Waals surface area (Å²) in [5, 5.41) is 0. The van der Waals surface area contributed by atoms with E-state index in [-0.39, 0.29) is 18.6 Å². The first-order chi connectivity index (χ1) is 10.2. The molecule has 0 aromatic heterocycles. The van der Waals surface area contributed by atoms with E-state index in [2.05, 4.69) is 15.9 Å². The van der Waals surface area contributed by atoms with Crippen molar-refractivity contribution < 1.29 is 9.53 Å². The number of benzene rings is 2. The van der Waals surface area contributed by atoms with Gasteiger partial charge in [-0.15, -0.1) is 0 Å². The summed E-state index contributed by atoms with van der Waals surface area (Å²) in [4.78, 5) is 13.9. The molecule has 21 heavy (non-hydrogen) atoms. The molecule has 4 heteroatoms. The second-order valence-corrected chi connectivity index (χ2v) is 6.03. The molecule has 0 aliphatic carbocycles. The van der Waals surface area contributed by atoms with Crippen molar-refractivity contribution in [3.8, 4) is 0 Å². The van der Waals surface area contributed by atoms with E-state index in [9.17, 15) is 4.79 Å².